The summed E-state index contributed by atoms with van der Waals surface area (Å²) in [6.45, 7) is 1.57. The van der Waals surface area contributed by atoms with Gasteiger partial charge in [0.2, 0.25) is 0 Å². The first-order chi connectivity index (χ1) is 10.3. The Morgan fingerprint density at radius 1 is 1.27 bits per heavy atom. The number of piperidine rings is 1. The summed E-state index contributed by atoms with van der Waals surface area (Å²) in [6, 6.07) is 1.68. The number of phenols is 1. The number of nitrogens with zero attached hydrogens (tertiary/aromatic N) is 1. The van der Waals surface area contributed by atoms with Crippen molar-refractivity contribution in [2.45, 2.75) is 32.0 Å². The second-order valence-corrected chi connectivity index (χ2v) is 5.35. The normalized spacial score (nSPS) is 16.5. The summed E-state index contributed by atoms with van der Waals surface area (Å²) in [5, 5.41) is 9.83. The average Bonchev–Trinajstić information content (AvgIpc) is 2.46. The van der Waals surface area contributed by atoms with Crippen molar-refractivity contribution in [3.63, 3.8) is 0 Å². The van der Waals surface area contributed by atoms with E-state index in [0.29, 0.717) is 6.07 Å². The highest BCUT2D eigenvalue weighted by Crippen LogP contribution is 2.36. The maximum Gasteiger partial charge on any atom is 0.416 e. The van der Waals surface area contributed by atoms with Gasteiger partial charge >= 0.3 is 12.1 Å². The Kier molecular flexibility index (Phi) is 4.95. The number of halogens is 3. The molecule has 2 rings (SSSR count). The van der Waals surface area contributed by atoms with Crippen LogP contribution in [0.1, 0.15) is 40.7 Å². The van der Waals surface area contributed by atoms with Gasteiger partial charge in [-0.15, -0.1) is 0 Å². The van der Waals surface area contributed by atoms with Crippen LogP contribution in [-0.2, 0) is 17.5 Å². The molecule has 22 heavy (non-hydrogen) atoms. The summed E-state index contributed by atoms with van der Waals surface area (Å²) in [6.07, 6.45) is -1.61. The molecule has 0 atom stereocenters. The van der Waals surface area contributed by atoms with Crippen LogP contribution in [0.15, 0.2) is 12.1 Å². The molecule has 1 aromatic carbocycles. The van der Waals surface area contributed by atoms with Gasteiger partial charge < -0.3 is 9.84 Å². The van der Waals surface area contributed by atoms with E-state index in [1.165, 1.54) is 0 Å². The molecule has 1 aliphatic rings. The third-order valence-electron chi connectivity index (χ3n) is 3.77. The number of methoxy groups -OCH3 is 1. The Hall–Kier alpha value is -1.76. The first-order valence-corrected chi connectivity index (χ1v) is 7.06. The third-order valence-corrected chi connectivity index (χ3v) is 3.77. The number of hydrogen-bond acceptors (Lipinski definition) is 4. The van der Waals surface area contributed by atoms with Crippen molar-refractivity contribution in [1.29, 1.82) is 0 Å². The largest absolute Gasteiger partial charge is 0.507 e. The minimum absolute atomic E-state index is 0.0282. The molecule has 1 heterocycles. The van der Waals surface area contributed by atoms with Crippen LogP contribution in [0.25, 0.3) is 0 Å². The van der Waals surface area contributed by atoms with E-state index in [1.807, 2.05) is 4.90 Å². The number of likely N-dealkylation sites (tertiary alicyclic amines) is 1. The Bertz CT molecular complexity index is 552. The second kappa shape index (κ2) is 6.56. The van der Waals surface area contributed by atoms with Crippen LogP contribution in [0.4, 0.5) is 13.2 Å². The SMILES string of the molecule is COC(=O)c1cc(C(F)(F)F)c(CN2CCCCC2)cc1O. The lowest BCUT2D eigenvalue weighted by Crippen LogP contribution is -2.30. The van der Waals surface area contributed by atoms with E-state index in [0.717, 1.165) is 45.5 Å². The van der Waals surface area contributed by atoms with Gasteiger partial charge in [-0.2, -0.15) is 13.2 Å². The molecule has 7 heteroatoms. The molecule has 1 aromatic rings. The summed E-state index contributed by atoms with van der Waals surface area (Å²) in [5.41, 5.74) is -1.41. The minimum Gasteiger partial charge on any atom is -0.507 e. The number of benzene rings is 1. The molecule has 0 unspecified atom stereocenters. The van der Waals surface area contributed by atoms with Gasteiger partial charge in [-0.05, 0) is 43.6 Å². The lowest BCUT2D eigenvalue weighted by atomic mass is 10.0. The number of carbonyl (C=O) groups excluding carboxylic acids is 1. The van der Waals surface area contributed by atoms with Crippen molar-refractivity contribution in [3.05, 3.63) is 28.8 Å². The number of esters is 1. The molecule has 0 saturated carbocycles. The molecule has 0 amide bonds. The van der Waals surface area contributed by atoms with Crippen molar-refractivity contribution < 1.29 is 27.8 Å². The van der Waals surface area contributed by atoms with Gasteiger partial charge in [0.25, 0.3) is 0 Å². The van der Waals surface area contributed by atoms with Crippen LogP contribution >= 0.6 is 0 Å². The molecule has 1 N–H and O–H groups in total. The van der Waals surface area contributed by atoms with Crippen LogP contribution < -0.4 is 0 Å². The summed E-state index contributed by atoms with van der Waals surface area (Å²) in [5.74, 6) is -1.49. The van der Waals surface area contributed by atoms with E-state index in [9.17, 15) is 23.1 Å². The van der Waals surface area contributed by atoms with Crippen molar-refractivity contribution >= 4 is 5.97 Å². The number of ether oxygens (including phenoxy) is 1. The summed E-state index contributed by atoms with van der Waals surface area (Å²) in [4.78, 5) is 13.4. The van der Waals surface area contributed by atoms with Crippen LogP contribution in [0, 0.1) is 0 Å². The highest BCUT2D eigenvalue weighted by Gasteiger charge is 2.35. The molecular weight excluding hydrogens is 299 g/mol. The Balaban J connectivity index is 2.38. The van der Waals surface area contributed by atoms with Crippen molar-refractivity contribution in [3.8, 4) is 5.75 Å². The number of alkyl halides is 3. The molecule has 0 radical (unpaired) electrons. The molecule has 0 aromatic heterocycles. The predicted octanol–water partition coefficient (Wildman–Crippen LogP) is 3.18. The molecule has 0 bridgehead atoms. The van der Waals surface area contributed by atoms with E-state index in [1.54, 1.807) is 0 Å². The Morgan fingerprint density at radius 2 is 1.91 bits per heavy atom. The fourth-order valence-electron chi connectivity index (χ4n) is 2.66. The topological polar surface area (TPSA) is 49.8 Å². The van der Waals surface area contributed by atoms with Crippen LogP contribution in [0.3, 0.4) is 0 Å². The molecule has 1 saturated heterocycles. The van der Waals surface area contributed by atoms with Crippen LogP contribution in [0.5, 0.6) is 5.75 Å². The van der Waals surface area contributed by atoms with Crippen molar-refractivity contribution in [1.82, 2.24) is 4.90 Å². The molecule has 4 nitrogen and oxygen atoms in total. The van der Waals surface area contributed by atoms with Crippen LogP contribution in [0.2, 0.25) is 0 Å². The summed E-state index contributed by atoms with van der Waals surface area (Å²) >= 11 is 0. The molecule has 122 valence electrons. The van der Waals surface area contributed by atoms with E-state index >= 15 is 0 Å². The zero-order valence-corrected chi connectivity index (χ0v) is 12.2. The van der Waals surface area contributed by atoms with Crippen molar-refractivity contribution in [2.24, 2.45) is 0 Å². The molecule has 0 aliphatic carbocycles. The number of rotatable bonds is 3. The predicted molar refractivity (Wildman–Crippen MR) is 73.6 cm³/mol. The second-order valence-electron chi connectivity index (χ2n) is 5.35. The molecule has 1 fully saturated rings. The lowest BCUT2D eigenvalue weighted by molar-refractivity contribution is -0.138. The van der Waals surface area contributed by atoms with Gasteiger partial charge in [0.15, 0.2) is 0 Å². The third kappa shape index (κ3) is 3.71. The Labute approximate surface area is 126 Å². The zero-order valence-electron chi connectivity index (χ0n) is 12.2. The monoisotopic (exact) mass is 317 g/mol. The fourth-order valence-corrected chi connectivity index (χ4v) is 2.66. The van der Waals surface area contributed by atoms with Gasteiger partial charge in [-0.25, -0.2) is 4.79 Å². The molecule has 1 aliphatic heterocycles. The number of carbonyl (C=O) groups is 1. The highest BCUT2D eigenvalue weighted by molar-refractivity contribution is 5.92. The first-order valence-electron chi connectivity index (χ1n) is 7.06. The van der Waals surface area contributed by atoms with Crippen molar-refractivity contribution in [2.75, 3.05) is 20.2 Å². The van der Waals surface area contributed by atoms with Gasteiger partial charge in [-0.3, -0.25) is 4.90 Å². The standard InChI is InChI=1S/C15H18F3NO3/c1-22-14(21)11-8-12(15(16,17)18)10(7-13(11)20)9-19-5-3-2-4-6-19/h7-8,20H,2-6,9H2,1H3. The van der Waals surface area contributed by atoms with E-state index in [2.05, 4.69) is 4.74 Å². The number of aromatic hydroxyl groups is 1. The van der Waals surface area contributed by atoms with Gasteiger partial charge in [-0.1, -0.05) is 6.42 Å². The van der Waals surface area contributed by atoms with E-state index in [-0.39, 0.29) is 12.1 Å². The molecular formula is C15H18F3NO3. The summed E-state index contributed by atoms with van der Waals surface area (Å²) in [7, 11) is 1.05. The van der Waals surface area contributed by atoms with Crippen LogP contribution in [-0.4, -0.2) is 36.2 Å². The van der Waals surface area contributed by atoms with E-state index < -0.39 is 29.0 Å². The number of hydrogen-bond donors (Lipinski definition) is 1. The molecule has 0 spiro atoms. The van der Waals surface area contributed by atoms with Gasteiger partial charge in [0.05, 0.1) is 12.7 Å². The zero-order chi connectivity index (χ0) is 16.3. The highest BCUT2D eigenvalue weighted by atomic mass is 19.4. The summed E-state index contributed by atoms with van der Waals surface area (Å²) < 4.78 is 44.1. The maximum absolute atomic E-state index is 13.2. The lowest BCUT2D eigenvalue weighted by Gasteiger charge is -2.27. The maximum atomic E-state index is 13.2. The minimum atomic E-state index is -4.60. The Morgan fingerprint density at radius 3 is 2.45 bits per heavy atom. The first kappa shape index (κ1) is 16.6. The fraction of sp³-hybridized carbons (Fsp3) is 0.533. The average molecular weight is 317 g/mol. The van der Waals surface area contributed by atoms with Gasteiger partial charge in [0, 0.05) is 6.54 Å². The quantitative estimate of drug-likeness (QED) is 0.870. The van der Waals surface area contributed by atoms with E-state index in [4.69, 9.17) is 0 Å². The number of phenolic OH excluding ortho intramolecular Hbond substituents is 1. The smallest absolute Gasteiger partial charge is 0.416 e. The van der Waals surface area contributed by atoms with Gasteiger partial charge in [0.1, 0.15) is 11.3 Å².